The molecular weight excluding hydrogens is 344 g/mol. The SMILES string of the molecule is CCOc1cc(C(=O)Nc2ccc3oc(C(C)(C)C)nc3c2)ccc1OC. The van der Waals surface area contributed by atoms with Crippen LogP contribution in [0.2, 0.25) is 0 Å². The number of oxazole rings is 1. The molecule has 2 aromatic carbocycles. The first kappa shape index (κ1) is 18.8. The van der Waals surface area contributed by atoms with Crippen molar-refractivity contribution < 1.29 is 18.7 Å². The summed E-state index contributed by atoms with van der Waals surface area (Å²) in [5, 5.41) is 2.89. The van der Waals surface area contributed by atoms with Gasteiger partial charge in [0.05, 0.1) is 13.7 Å². The van der Waals surface area contributed by atoms with Crippen molar-refractivity contribution in [3.63, 3.8) is 0 Å². The molecule has 142 valence electrons. The number of benzene rings is 2. The number of fused-ring (bicyclic) bond motifs is 1. The van der Waals surface area contributed by atoms with Gasteiger partial charge in [-0.25, -0.2) is 4.98 Å². The third-order valence-electron chi connectivity index (χ3n) is 4.01. The van der Waals surface area contributed by atoms with E-state index in [1.807, 2.05) is 33.8 Å². The molecule has 3 aromatic rings. The molecule has 6 heteroatoms. The first-order chi connectivity index (χ1) is 12.8. The van der Waals surface area contributed by atoms with Gasteiger partial charge in [0.1, 0.15) is 5.52 Å². The molecule has 0 fully saturated rings. The molecule has 0 aliphatic heterocycles. The molecule has 0 saturated carbocycles. The summed E-state index contributed by atoms with van der Waals surface area (Å²) in [4.78, 5) is 17.2. The Balaban J connectivity index is 1.84. The summed E-state index contributed by atoms with van der Waals surface area (Å²) in [6.07, 6.45) is 0. The number of aromatic nitrogens is 1. The van der Waals surface area contributed by atoms with Crippen LogP contribution in [0.1, 0.15) is 43.9 Å². The van der Waals surface area contributed by atoms with E-state index in [0.717, 1.165) is 0 Å². The second-order valence-electron chi connectivity index (χ2n) is 7.20. The predicted octanol–water partition coefficient (Wildman–Crippen LogP) is 4.78. The molecule has 0 aliphatic carbocycles. The van der Waals surface area contributed by atoms with Crippen LogP contribution in [0.25, 0.3) is 11.1 Å². The minimum absolute atomic E-state index is 0.179. The van der Waals surface area contributed by atoms with Gasteiger partial charge in [0.25, 0.3) is 5.91 Å². The average Bonchev–Trinajstić information content (AvgIpc) is 3.05. The van der Waals surface area contributed by atoms with Crippen molar-refractivity contribution in [2.45, 2.75) is 33.1 Å². The number of ether oxygens (including phenoxy) is 2. The normalized spacial score (nSPS) is 11.4. The molecule has 1 amide bonds. The molecule has 0 radical (unpaired) electrons. The number of carbonyl (C=O) groups is 1. The lowest BCUT2D eigenvalue weighted by atomic mass is 9.97. The lowest BCUT2D eigenvalue weighted by Gasteiger charge is -2.11. The Morgan fingerprint density at radius 3 is 2.59 bits per heavy atom. The molecule has 0 atom stereocenters. The summed E-state index contributed by atoms with van der Waals surface area (Å²) in [7, 11) is 1.57. The van der Waals surface area contributed by atoms with Crippen LogP contribution in [-0.4, -0.2) is 24.6 Å². The highest BCUT2D eigenvalue weighted by atomic mass is 16.5. The summed E-state index contributed by atoms with van der Waals surface area (Å²) < 4.78 is 16.6. The molecule has 0 spiro atoms. The zero-order valence-corrected chi connectivity index (χ0v) is 16.3. The third kappa shape index (κ3) is 4.05. The molecule has 1 heterocycles. The van der Waals surface area contributed by atoms with Crippen LogP contribution in [0.3, 0.4) is 0 Å². The van der Waals surface area contributed by atoms with E-state index in [1.54, 1.807) is 37.4 Å². The van der Waals surface area contributed by atoms with Crippen LogP contribution < -0.4 is 14.8 Å². The van der Waals surface area contributed by atoms with E-state index in [-0.39, 0.29) is 11.3 Å². The summed E-state index contributed by atoms with van der Waals surface area (Å²) in [6, 6.07) is 10.5. The fourth-order valence-electron chi connectivity index (χ4n) is 2.62. The van der Waals surface area contributed by atoms with Crippen LogP contribution in [0.4, 0.5) is 5.69 Å². The number of anilines is 1. The Kier molecular flexibility index (Phi) is 5.08. The Morgan fingerprint density at radius 1 is 1.15 bits per heavy atom. The number of hydrogen-bond donors (Lipinski definition) is 1. The molecule has 1 N–H and O–H groups in total. The van der Waals surface area contributed by atoms with Crippen LogP contribution in [0.5, 0.6) is 11.5 Å². The Labute approximate surface area is 158 Å². The van der Waals surface area contributed by atoms with Crippen molar-refractivity contribution in [3.8, 4) is 11.5 Å². The molecule has 0 aliphatic rings. The predicted molar refractivity (Wildman–Crippen MR) is 105 cm³/mol. The van der Waals surface area contributed by atoms with Gasteiger partial charge < -0.3 is 19.2 Å². The van der Waals surface area contributed by atoms with Gasteiger partial charge in [0.2, 0.25) is 5.89 Å². The maximum absolute atomic E-state index is 12.6. The molecule has 6 nitrogen and oxygen atoms in total. The van der Waals surface area contributed by atoms with Crippen molar-refractivity contribution in [3.05, 3.63) is 47.9 Å². The molecule has 1 aromatic heterocycles. The van der Waals surface area contributed by atoms with Crippen molar-refractivity contribution in [1.82, 2.24) is 4.98 Å². The van der Waals surface area contributed by atoms with E-state index < -0.39 is 0 Å². The summed E-state index contributed by atoms with van der Waals surface area (Å²) in [6.45, 7) is 8.49. The van der Waals surface area contributed by atoms with E-state index >= 15 is 0 Å². The second-order valence-corrected chi connectivity index (χ2v) is 7.20. The van der Waals surface area contributed by atoms with Crippen LogP contribution in [0.15, 0.2) is 40.8 Å². The highest BCUT2D eigenvalue weighted by Crippen LogP contribution is 2.29. The van der Waals surface area contributed by atoms with Gasteiger partial charge in [-0.15, -0.1) is 0 Å². The first-order valence-corrected chi connectivity index (χ1v) is 8.85. The number of amides is 1. The minimum Gasteiger partial charge on any atom is -0.493 e. The molecule has 0 bridgehead atoms. The van der Waals surface area contributed by atoms with Gasteiger partial charge in [-0.2, -0.15) is 0 Å². The summed E-state index contributed by atoms with van der Waals surface area (Å²) in [5.74, 6) is 1.55. The fourth-order valence-corrected chi connectivity index (χ4v) is 2.62. The maximum Gasteiger partial charge on any atom is 0.255 e. The maximum atomic E-state index is 12.6. The van der Waals surface area contributed by atoms with Gasteiger partial charge in [-0.1, -0.05) is 20.8 Å². The Morgan fingerprint density at radius 2 is 1.93 bits per heavy atom. The summed E-state index contributed by atoms with van der Waals surface area (Å²) in [5.41, 5.74) is 2.36. The van der Waals surface area contributed by atoms with Crippen LogP contribution >= 0.6 is 0 Å². The molecule has 27 heavy (non-hydrogen) atoms. The highest BCUT2D eigenvalue weighted by molar-refractivity contribution is 6.05. The fraction of sp³-hybridized carbons (Fsp3) is 0.333. The second kappa shape index (κ2) is 7.31. The van der Waals surface area contributed by atoms with Gasteiger partial charge in [-0.05, 0) is 43.3 Å². The molecule has 0 saturated heterocycles. The minimum atomic E-state index is -0.238. The smallest absolute Gasteiger partial charge is 0.255 e. The molecular formula is C21H24N2O4. The van der Waals surface area contributed by atoms with Gasteiger partial charge >= 0.3 is 0 Å². The van der Waals surface area contributed by atoms with Crippen molar-refractivity contribution in [2.24, 2.45) is 0 Å². The number of nitrogens with zero attached hydrogens (tertiary/aromatic N) is 1. The van der Waals surface area contributed by atoms with E-state index in [4.69, 9.17) is 13.9 Å². The number of rotatable bonds is 5. The Bertz CT molecular complexity index is 970. The first-order valence-electron chi connectivity index (χ1n) is 8.85. The van der Waals surface area contributed by atoms with Gasteiger partial charge in [-0.3, -0.25) is 4.79 Å². The molecule has 3 rings (SSSR count). The zero-order valence-electron chi connectivity index (χ0n) is 16.3. The van der Waals surface area contributed by atoms with Gasteiger partial charge in [0.15, 0.2) is 17.1 Å². The highest BCUT2D eigenvalue weighted by Gasteiger charge is 2.21. The van der Waals surface area contributed by atoms with Crippen LogP contribution in [-0.2, 0) is 5.41 Å². The quantitative estimate of drug-likeness (QED) is 0.701. The van der Waals surface area contributed by atoms with Crippen molar-refractivity contribution >= 4 is 22.7 Å². The van der Waals surface area contributed by atoms with E-state index in [1.165, 1.54) is 0 Å². The van der Waals surface area contributed by atoms with Crippen LogP contribution in [0, 0.1) is 0 Å². The van der Waals surface area contributed by atoms with E-state index in [0.29, 0.717) is 46.3 Å². The molecule has 0 unspecified atom stereocenters. The van der Waals surface area contributed by atoms with E-state index in [9.17, 15) is 4.79 Å². The Hall–Kier alpha value is -3.02. The number of hydrogen-bond acceptors (Lipinski definition) is 5. The number of nitrogens with one attached hydrogen (secondary N) is 1. The standard InChI is InChI=1S/C21H24N2O4/c1-6-26-18-11-13(7-9-17(18)25-5)19(24)22-14-8-10-16-15(12-14)23-20(27-16)21(2,3)4/h7-12H,6H2,1-5H3,(H,22,24). The lowest BCUT2D eigenvalue weighted by molar-refractivity contribution is 0.102. The largest absolute Gasteiger partial charge is 0.493 e. The average molecular weight is 368 g/mol. The third-order valence-corrected chi connectivity index (χ3v) is 4.01. The van der Waals surface area contributed by atoms with Crippen molar-refractivity contribution in [2.75, 3.05) is 19.0 Å². The number of carbonyl (C=O) groups excluding carboxylic acids is 1. The van der Waals surface area contributed by atoms with Gasteiger partial charge in [0, 0.05) is 16.7 Å². The lowest BCUT2D eigenvalue weighted by Crippen LogP contribution is -2.12. The topological polar surface area (TPSA) is 73.6 Å². The van der Waals surface area contributed by atoms with Crippen molar-refractivity contribution in [1.29, 1.82) is 0 Å². The zero-order chi connectivity index (χ0) is 19.6. The van der Waals surface area contributed by atoms with E-state index in [2.05, 4.69) is 10.3 Å². The monoisotopic (exact) mass is 368 g/mol. The summed E-state index contributed by atoms with van der Waals surface area (Å²) >= 11 is 0. The number of methoxy groups -OCH3 is 1.